The summed E-state index contributed by atoms with van der Waals surface area (Å²) in [6, 6.07) is 3.61. The Hall–Kier alpha value is -1.99. The molecule has 130 valence electrons. The summed E-state index contributed by atoms with van der Waals surface area (Å²) in [6.07, 6.45) is -2.60. The van der Waals surface area contributed by atoms with Crippen molar-refractivity contribution in [3.8, 4) is 5.88 Å². The molecule has 0 unspecified atom stereocenters. The van der Waals surface area contributed by atoms with E-state index in [0.29, 0.717) is 25.0 Å². The molecule has 0 amide bonds. The van der Waals surface area contributed by atoms with Gasteiger partial charge in [-0.15, -0.1) is 0 Å². The number of hydrogen-bond donors (Lipinski definition) is 2. The third-order valence-corrected chi connectivity index (χ3v) is 2.75. The lowest BCUT2D eigenvalue weighted by atomic mass is 10.3. The predicted octanol–water partition coefficient (Wildman–Crippen LogP) is 2.88. The maximum absolute atomic E-state index is 12.2. The minimum absolute atomic E-state index is 0.221. The Balaban J connectivity index is 2.66. The largest absolute Gasteiger partial charge is 0.477 e. The van der Waals surface area contributed by atoms with Crippen molar-refractivity contribution in [2.24, 2.45) is 4.99 Å². The molecule has 1 aromatic heterocycles. The Kier molecular flexibility index (Phi) is 8.21. The van der Waals surface area contributed by atoms with E-state index in [4.69, 9.17) is 4.74 Å². The van der Waals surface area contributed by atoms with Crippen molar-refractivity contribution >= 4 is 5.96 Å². The second-order valence-corrected chi connectivity index (χ2v) is 4.80. The molecule has 2 N–H and O–H groups in total. The Morgan fingerprint density at radius 3 is 2.74 bits per heavy atom. The molecule has 0 saturated heterocycles. The summed E-state index contributed by atoms with van der Waals surface area (Å²) in [4.78, 5) is 8.43. The lowest BCUT2D eigenvalue weighted by Crippen LogP contribution is -2.38. The van der Waals surface area contributed by atoms with Crippen LogP contribution in [0.4, 0.5) is 13.2 Å². The molecule has 0 aliphatic rings. The fraction of sp³-hybridized carbons (Fsp3) is 0.600. The maximum Gasteiger partial charge on any atom is 0.390 e. The van der Waals surface area contributed by atoms with Gasteiger partial charge in [0.15, 0.2) is 5.96 Å². The highest BCUT2D eigenvalue weighted by Crippen LogP contribution is 2.18. The molecule has 1 aromatic rings. The summed E-state index contributed by atoms with van der Waals surface area (Å²) >= 11 is 0. The summed E-state index contributed by atoms with van der Waals surface area (Å²) < 4.78 is 42.1. The molecule has 8 heteroatoms. The van der Waals surface area contributed by atoms with Crippen molar-refractivity contribution in [1.29, 1.82) is 0 Å². The van der Waals surface area contributed by atoms with Gasteiger partial charge in [0.2, 0.25) is 5.88 Å². The van der Waals surface area contributed by atoms with E-state index in [1.165, 1.54) is 0 Å². The van der Waals surface area contributed by atoms with Gasteiger partial charge in [0.25, 0.3) is 0 Å². The first-order valence-corrected chi connectivity index (χ1v) is 7.62. The topological polar surface area (TPSA) is 58.5 Å². The van der Waals surface area contributed by atoms with Crippen molar-refractivity contribution in [3.05, 3.63) is 23.9 Å². The van der Waals surface area contributed by atoms with Gasteiger partial charge in [0.1, 0.15) is 0 Å². The molecule has 1 rings (SSSR count). The second-order valence-electron chi connectivity index (χ2n) is 4.80. The molecule has 0 atom stereocenters. The highest BCUT2D eigenvalue weighted by atomic mass is 19.4. The average Bonchev–Trinajstić information content (AvgIpc) is 2.50. The molecule has 5 nitrogen and oxygen atoms in total. The Bertz CT molecular complexity index is 492. The van der Waals surface area contributed by atoms with E-state index >= 15 is 0 Å². The van der Waals surface area contributed by atoms with Gasteiger partial charge in [-0.25, -0.2) is 9.98 Å². The van der Waals surface area contributed by atoms with Gasteiger partial charge in [-0.3, -0.25) is 0 Å². The summed E-state index contributed by atoms with van der Waals surface area (Å²) in [5.41, 5.74) is 0.786. The predicted molar refractivity (Wildman–Crippen MR) is 83.5 cm³/mol. The molecule has 0 saturated carbocycles. The van der Waals surface area contributed by atoms with E-state index in [-0.39, 0.29) is 13.1 Å². The molecule has 0 aliphatic carbocycles. The average molecular weight is 332 g/mol. The number of pyridine rings is 1. The Morgan fingerprint density at radius 2 is 2.09 bits per heavy atom. The fourth-order valence-electron chi connectivity index (χ4n) is 1.70. The zero-order valence-corrected chi connectivity index (χ0v) is 13.4. The first-order chi connectivity index (χ1) is 11.0. The van der Waals surface area contributed by atoms with Crippen molar-refractivity contribution < 1.29 is 17.9 Å². The number of guanidine groups is 1. The van der Waals surface area contributed by atoms with Gasteiger partial charge in [-0.1, -0.05) is 13.0 Å². The summed E-state index contributed by atoms with van der Waals surface area (Å²) in [5.74, 6) is 0.839. The number of halogens is 3. The smallest absolute Gasteiger partial charge is 0.390 e. The summed E-state index contributed by atoms with van der Waals surface area (Å²) in [7, 11) is 0. The van der Waals surface area contributed by atoms with Crippen LogP contribution < -0.4 is 15.4 Å². The molecule has 0 fully saturated rings. The van der Waals surface area contributed by atoms with Crippen LogP contribution in [0.1, 0.15) is 32.3 Å². The van der Waals surface area contributed by atoms with Gasteiger partial charge >= 0.3 is 6.18 Å². The Morgan fingerprint density at radius 1 is 1.30 bits per heavy atom. The molecule has 0 bridgehead atoms. The quantitative estimate of drug-likeness (QED) is 0.568. The SMILES string of the molecule is CCCOc1ncccc1CN=C(NCC)NCCC(F)(F)F. The number of aliphatic imine (C=N–C) groups is 1. The number of hydrogen-bond acceptors (Lipinski definition) is 3. The Labute approximate surface area is 134 Å². The molecule has 1 heterocycles. The van der Waals surface area contributed by atoms with Gasteiger partial charge in [0.05, 0.1) is 19.6 Å². The second kappa shape index (κ2) is 9.91. The molecular weight excluding hydrogens is 309 g/mol. The number of rotatable bonds is 8. The van der Waals surface area contributed by atoms with Crippen LogP contribution in [0.2, 0.25) is 0 Å². The maximum atomic E-state index is 12.2. The monoisotopic (exact) mass is 332 g/mol. The van der Waals surface area contributed by atoms with Crippen LogP contribution in [0.3, 0.4) is 0 Å². The molecular formula is C15H23F3N4O. The van der Waals surface area contributed by atoms with Crippen molar-refractivity contribution in [2.45, 2.75) is 39.4 Å². The van der Waals surface area contributed by atoms with E-state index in [1.54, 1.807) is 12.3 Å². The van der Waals surface area contributed by atoms with E-state index < -0.39 is 12.6 Å². The number of aromatic nitrogens is 1. The molecule has 0 radical (unpaired) electrons. The highest BCUT2D eigenvalue weighted by molar-refractivity contribution is 5.79. The van der Waals surface area contributed by atoms with Crippen LogP contribution in [0.25, 0.3) is 0 Å². The molecule has 0 spiro atoms. The van der Waals surface area contributed by atoms with Crippen LogP contribution in [0, 0.1) is 0 Å². The van der Waals surface area contributed by atoms with Crippen LogP contribution >= 0.6 is 0 Å². The summed E-state index contributed by atoms with van der Waals surface area (Å²) in [6.45, 7) is 5.01. The number of ether oxygens (including phenoxy) is 1. The minimum atomic E-state index is -4.19. The van der Waals surface area contributed by atoms with Crippen LogP contribution in [-0.4, -0.2) is 36.8 Å². The van der Waals surface area contributed by atoms with E-state index in [1.807, 2.05) is 19.9 Å². The van der Waals surface area contributed by atoms with Crippen LogP contribution in [0.5, 0.6) is 5.88 Å². The number of nitrogens with one attached hydrogen (secondary N) is 2. The zero-order valence-electron chi connectivity index (χ0n) is 13.4. The number of nitrogens with zero attached hydrogens (tertiary/aromatic N) is 2. The normalized spacial score (nSPS) is 12.1. The lowest BCUT2D eigenvalue weighted by molar-refractivity contribution is -0.132. The minimum Gasteiger partial charge on any atom is -0.477 e. The molecule has 23 heavy (non-hydrogen) atoms. The molecule has 0 aromatic carbocycles. The van der Waals surface area contributed by atoms with Crippen LogP contribution in [-0.2, 0) is 6.54 Å². The third-order valence-electron chi connectivity index (χ3n) is 2.75. The van der Waals surface area contributed by atoms with Gasteiger partial charge in [-0.2, -0.15) is 13.2 Å². The third kappa shape index (κ3) is 8.27. The van der Waals surface area contributed by atoms with Crippen molar-refractivity contribution in [3.63, 3.8) is 0 Å². The standard InChI is InChI=1S/C15H23F3N4O/c1-3-10-23-13-12(6-5-8-20-13)11-22-14(19-4-2)21-9-7-15(16,17)18/h5-6,8H,3-4,7,9-11H2,1-2H3,(H2,19,21,22). The van der Waals surface area contributed by atoms with Gasteiger partial charge in [0, 0.05) is 24.8 Å². The summed E-state index contributed by atoms with van der Waals surface area (Å²) in [5, 5.41) is 5.58. The van der Waals surface area contributed by atoms with Crippen molar-refractivity contribution in [2.75, 3.05) is 19.7 Å². The first-order valence-electron chi connectivity index (χ1n) is 7.62. The van der Waals surface area contributed by atoms with E-state index in [0.717, 1.165) is 12.0 Å². The van der Waals surface area contributed by atoms with Gasteiger partial charge < -0.3 is 15.4 Å². The number of alkyl halides is 3. The molecule has 0 aliphatic heterocycles. The van der Waals surface area contributed by atoms with E-state index in [9.17, 15) is 13.2 Å². The first kappa shape index (κ1) is 19.1. The van der Waals surface area contributed by atoms with Crippen LogP contribution in [0.15, 0.2) is 23.3 Å². The van der Waals surface area contributed by atoms with Gasteiger partial charge in [-0.05, 0) is 19.4 Å². The highest BCUT2D eigenvalue weighted by Gasteiger charge is 2.26. The van der Waals surface area contributed by atoms with Crippen molar-refractivity contribution in [1.82, 2.24) is 15.6 Å². The van der Waals surface area contributed by atoms with E-state index in [2.05, 4.69) is 20.6 Å². The fourth-order valence-corrected chi connectivity index (χ4v) is 1.70. The zero-order chi connectivity index (χ0) is 17.1. The lowest BCUT2D eigenvalue weighted by Gasteiger charge is -2.13.